The van der Waals surface area contributed by atoms with E-state index < -0.39 is 6.10 Å². The summed E-state index contributed by atoms with van der Waals surface area (Å²) in [6, 6.07) is 3.68. The highest BCUT2D eigenvalue weighted by Crippen LogP contribution is 2.23. The van der Waals surface area contributed by atoms with Crippen LogP contribution in [0.5, 0.6) is 0 Å². The number of aliphatic hydroxyl groups is 1. The van der Waals surface area contributed by atoms with Gasteiger partial charge in [0.15, 0.2) is 5.65 Å². The normalized spacial score (nSPS) is 16.9. The molecule has 0 aliphatic carbocycles. The Labute approximate surface area is 157 Å². The molecule has 0 spiro atoms. The summed E-state index contributed by atoms with van der Waals surface area (Å²) in [6.45, 7) is 4.69. The van der Waals surface area contributed by atoms with Crippen LogP contribution in [0.4, 0.5) is 5.82 Å². The molecule has 27 heavy (non-hydrogen) atoms. The summed E-state index contributed by atoms with van der Waals surface area (Å²) >= 11 is 0. The highest BCUT2D eigenvalue weighted by Gasteiger charge is 2.22. The summed E-state index contributed by atoms with van der Waals surface area (Å²) in [4.78, 5) is 13.3. The van der Waals surface area contributed by atoms with E-state index in [1.807, 2.05) is 25.4 Å². The number of aromatic nitrogens is 4. The maximum absolute atomic E-state index is 10.2. The Kier molecular flexibility index (Phi) is 5.33. The van der Waals surface area contributed by atoms with E-state index in [1.165, 1.54) is 0 Å². The van der Waals surface area contributed by atoms with Crippen molar-refractivity contribution in [2.24, 2.45) is 7.05 Å². The zero-order valence-electron chi connectivity index (χ0n) is 15.4. The maximum atomic E-state index is 10.2. The van der Waals surface area contributed by atoms with E-state index in [0.29, 0.717) is 19.8 Å². The van der Waals surface area contributed by atoms with E-state index in [-0.39, 0.29) is 0 Å². The molecule has 0 aromatic carbocycles. The summed E-state index contributed by atoms with van der Waals surface area (Å²) in [5, 5.41) is 15.5. The fraction of sp³-hybridized carbons (Fsp3) is 0.500. The standard InChI is InChI=1S/C18H24N6O3/c1-22-17-16(9-21-22)18(20-13-19-17)24-6-4-23(5-7-24)10-14(25)11-26-12-15-3-2-8-27-15/h2-3,8-9,13-14,25H,4-7,10-12H2,1H3/t14-/m0/s1. The van der Waals surface area contributed by atoms with Gasteiger partial charge in [-0.15, -0.1) is 0 Å². The first-order valence-corrected chi connectivity index (χ1v) is 9.09. The number of hydrogen-bond acceptors (Lipinski definition) is 8. The highest BCUT2D eigenvalue weighted by molar-refractivity contribution is 5.86. The van der Waals surface area contributed by atoms with Crippen LogP contribution in [0, 0.1) is 0 Å². The van der Waals surface area contributed by atoms with Gasteiger partial charge >= 0.3 is 0 Å². The summed E-state index contributed by atoms with van der Waals surface area (Å²) in [5.74, 6) is 1.69. The van der Waals surface area contributed by atoms with E-state index in [1.54, 1.807) is 17.3 Å². The van der Waals surface area contributed by atoms with Crippen molar-refractivity contribution in [3.8, 4) is 0 Å². The predicted octanol–water partition coefficient (Wildman–Crippen LogP) is 0.656. The Morgan fingerprint density at radius 1 is 1.26 bits per heavy atom. The van der Waals surface area contributed by atoms with E-state index in [2.05, 4.69) is 24.9 Å². The Bertz CT molecular complexity index is 857. The summed E-state index contributed by atoms with van der Waals surface area (Å²) < 4.78 is 12.5. The first-order chi connectivity index (χ1) is 13.2. The molecule has 0 amide bonds. The van der Waals surface area contributed by atoms with Crippen molar-refractivity contribution in [2.45, 2.75) is 12.7 Å². The lowest BCUT2D eigenvalue weighted by Gasteiger charge is -2.36. The molecule has 1 atom stereocenters. The van der Waals surface area contributed by atoms with Crippen molar-refractivity contribution in [3.63, 3.8) is 0 Å². The molecule has 4 heterocycles. The van der Waals surface area contributed by atoms with Gasteiger partial charge in [0, 0.05) is 39.8 Å². The molecule has 9 heteroatoms. The van der Waals surface area contributed by atoms with Crippen LogP contribution in [0.1, 0.15) is 5.76 Å². The zero-order chi connectivity index (χ0) is 18.6. The fourth-order valence-corrected chi connectivity index (χ4v) is 3.38. The number of β-amino-alcohol motifs (C(OH)–C–C–N with tert-alkyl or cyclic N) is 1. The maximum Gasteiger partial charge on any atom is 0.163 e. The highest BCUT2D eigenvalue weighted by atomic mass is 16.5. The molecule has 0 bridgehead atoms. The van der Waals surface area contributed by atoms with Crippen LogP contribution in [0.3, 0.4) is 0 Å². The molecule has 1 aliphatic heterocycles. The van der Waals surface area contributed by atoms with Crippen LogP contribution in [0.25, 0.3) is 11.0 Å². The van der Waals surface area contributed by atoms with Gasteiger partial charge in [-0.3, -0.25) is 9.58 Å². The Hall–Kier alpha value is -2.49. The van der Waals surface area contributed by atoms with Crippen molar-refractivity contribution in [2.75, 3.05) is 44.2 Å². The molecule has 1 aliphatic rings. The average Bonchev–Trinajstić information content (AvgIpc) is 3.33. The van der Waals surface area contributed by atoms with Gasteiger partial charge in [-0.05, 0) is 12.1 Å². The quantitative estimate of drug-likeness (QED) is 0.646. The van der Waals surface area contributed by atoms with Crippen LogP contribution in [-0.2, 0) is 18.4 Å². The second-order valence-corrected chi connectivity index (χ2v) is 6.74. The van der Waals surface area contributed by atoms with E-state index in [0.717, 1.165) is 48.8 Å². The molecule has 144 valence electrons. The first-order valence-electron chi connectivity index (χ1n) is 9.09. The minimum absolute atomic E-state index is 0.295. The number of anilines is 1. The minimum Gasteiger partial charge on any atom is -0.467 e. The van der Waals surface area contributed by atoms with Crippen molar-refractivity contribution < 1.29 is 14.3 Å². The van der Waals surface area contributed by atoms with Gasteiger partial charge in [0.05, 0.1) is 30.6 Å². The summed E-state index contributed by atoms with van der Waals surface area (Å²) in [7, 11) is 1.88. The van der Waals surface area contributed by atoms with Gasteiger partial charge in [-0.2, -0.15) is 5.10 Å². The number of aryl methyl sites for hydroxylation is 1. The number of hydrogen-bond donors (Lipinski definition) is 1. The second-order valence-electron chi connectivity index (χ2n) is 6.74. The molecule has 4 rings (SSSR count). The molecular weight excluding hydrogens is 348 g/mol. The lowest BCUT2D eigenvalue weighted by atomic mass is 10.2. The van der Waals surface area contributed by atoms with E-state index >= 15 is 0 Å². The monoisotopic (exact) mass is 372 g/mol. The third-order valence-electron chi connectivity index (χ3n) is 4.78. The molecule has 9 nitrogen and oxygen atoms in total. The second kappa shape index (κ2) is 8.03. The average molecular weight is 372 g/mol. The van der Waals surface area contributed by atoms with E-state index in [4.69, 9.17) is 9.15 Å². The lowest BCUT2D eigenvalue weighted by molar-refractivity contribution is 0.00441. The predicted molar refractivity (Wildman–Crippen MR) is 99.3 cm³/mol. The molecule has 0 unspecified atom stereocenters. The van der Waals surface area contributed by atoms with Crippen LogP contribution < -0.4 is 4.90 Å². The van der Waals surface area contributed by atoms with Crippen LogP contribution in [0.2, 0.25) is 0 Å². The Balaban J connectivity index is 1.26. The zero-order valence-corrected chi connectivity index (χ0v) is 15.4. The molecule has 1 N–H and O–H groups in total. The van der Waals surface area contributed by atoms with Crippen molar-refractivity contribution in [1.29, 1.82) is 0 Å². The van der Waals surface area contributed by atoms with Gasteiger partial charge in [-0.25, -0.2) is 9.97 Å². The molecule has 1 saturated heterocycles. The smallest absolute Gasteiger partial charge is 0.163 e. The van der Waals surface area contributed by atoms with Crippen molar-refractivity contribution in [3.05, 3.63) is 36.7 Å². The van der Waals surface area contributed by atoms with Crippen LogP contribution in [0.15, 0.2) is 35.3 Å². The molecule has 3 aromatic heterocycles. The third-order valence-corrected chi connectivity index (χ3v) is 4.78. The summed E-state index contributed by atoms with van der Waals surface area (Å²) in [6.07, 6.45) is 4.50. The number of piperazine rings is 1. The number of rotatable bonds is 7. The van der Waals surface area contributed by atoms with Gasteiger partial charge < -0.3 is 19.2 Å². The van der Waals surface area contributed by atoms with Gasteiger partial charge in [0.1, 0.15) is 24.5 Å². The largest absolute Gasteiger partial charge is 0.467 e. The molecule has 0 saturated carbocycles. The number of nitrogens with zero attached hydrogens (tertiary/aromatic N) is 6. The Morgan fingerprint density at radius 3 is 2.89 bits per heavy atom. The van der Waals surface area contributed by atoms with Crippen molar-refractivity contribution >= 4 is 16.9 Å². The lowest BCUT2D eigenvalue weighted by Crippen LogP contribution is -2.49. The van der Waals surface area contributed by atoms with Gasteiger partial charge in [-0.1, -0.05) is 0 Å². The first kappa shape index (κ1) is 17.9. The summed E-state index contributed by atoms with van der Waals surface area (Å²) in [5.41, 5.74) is 0.839. The third kappa shape index (κ3) is 4.10. The van der Waals surface area contributed by atoms with E-state index in [9.17, 15) is 5.11 Å². The van der Waals surface area contributed by atoms with Gasteiger partial charge in [0.25, 0.3) is 0 Å². The number of fused-ring (bicyclic) bond motifs is 1. The van der Waals surface area contributed by atoms with Crippen LogP contribution in [-0.4, -0.2) is 75.2 Å². The number of furan rings is 1. The number of aliphatic hydroxyl groups excluding tert-OH is 1. The topological polar surface area (TPSA) is 92.7 Å². The molecule has 1 fully saturated rings. The molecule has 3 aromatic rings. The Morgan fingerprint density at radius 2 is 2.11 bits per heavy atom. The van der Waals surface area contributed by atoms with Gasteiger partial charge in [0.2, 0.25) is 0 Å². The molecule has 0 radical (unpaired) electrons. The SMILES string of the molecule is Cn1ncc2c(N3CCN(C[C@H](O)COCc4ccco4)CC3)ncnc21. The minimum atomic E-state index is -0.518. The number of ether oxygens (including phenoxy) is 1. The molecular formula is C18H24N6O3. The van der Waals surface area contributed by atoms with Crippen molar-refractivity contribution in [1.82, 2.24) is 24.6 Å². The van der Waals surface area contributed by atoms with Crippen LogP contribution >= 0.6 is 0 Å². The fourth-order valence-electron chi connectivity index (χ4n) is 3.38.